The van der Waals surface area contributed by atoms with Gasteiger partial charge in [0, 0.05) is 179 Å². The van der Waals surface area contributed by atoms with Gasteiger partial charge in [-0.05, 0) is 132 Å². The number of likely N-dealkylation sites (N-methyl/N-ethyl adjacent to an activating group) is 1. The Kier molecular flexibility index (Phi) is 30.3. The number of likely N-dealkylation sites (tertiary alicyclic amines) is 1. The average molecular weight is 1840 g/mol. The highest BCUT2D eigenvalue weighted by atomic mass is 19.1. The van der Waals surface area contributed by atoms with E-state index in [1.165, 1.54) is 80.8 Å². The molecular weight excluding hydrogens is 1720 g/mol. The number of carbonyl (C=O) groups excluding carboxylic acids is 3. The molecule has 6 fully saturated rings. The predicted octanol–water partition coefficient (Wildman–Crippen LogP) is 13.2. The summed E-state index contributed by atoms with van der Waals surface area (Å²) in [5.74, 6) is -2.99. The molecule has 6 atom stereocenters. The predicted molar refractivity (Wildman–Crippen MR) is 520 cm³/mol. The number of aromatic nitrogens is 6. The van der Waals surface area contributed by atoms with Gasteiger partial charge in [0.2, 0.25) is 19.6 Å². The minimum absolute atomic E-state index is 0.0612. The van der Waals surface area contributed by atoms with Gasteiger partial charge in [0.1, 0.15) is 67.6 Å². The molecule has 32 heteroatoms. The Bertz CT molecular complexity index is 6030. The van der Waals surface area contributed by atoms with E-state index >= 15 is 0 Å². The molecule has 12 heterocycles. The fraction of sp³-hybridized carbons (Fsp3) is 0.476. The van der Waals surface area contributed by atoms with Crippen LogP contribution >= 0.6 is 0 Å². The molecule has 0 aliphatic carbocycles. The second-order valence-electron chi connectivity index (χ2n) is 36.8. The Labute approximate surface area is 789 Å². The summed E-state index contributed by atoms with van der Waals surface area (Å²) < 4.78 is 72.3. The van der Waals surface area contributed by atoms with Crippen molar-refractivity contribution in [3.8, 4) is 18.0 Å². The standard InChI is InChI=1S/C35H42FN7O3.C34H40FN7O3.C34H40FN7O2/c1-23(2)40-16-17-45-28(20-40)22-46-35-38-30-21-41(31-11-7-10-26-9-6-8-24(3)32(26)31)13-12-29(30)33(39-35)42-14-15-43(34(44)25(4)36)27(19-42)18-37-5;1-5-39-16-17-44-27(20-39)22-45-34-37-29-21-40(30-11-7-10-25-9-6-8-23(2)31(25)30)13-12-28(29)32(38-34)41-14-15-42(33(43)24(3)35)26(19-41)18-36-4;1-22(2)41-15-12-26(41)21-44-34-37-29-20-39(30-11-7-10-25-9-6-8-23(3)31(25)30)14-13-28(29)32(38-34)40-16-17-42(33(43)24(4)35)27(19-40)18-36-5/h6-11,23,27-28H,4,12-22H2,1-3H3;6-11,26-27H,3,5,12-22H2,1-2H3;6-11,22,26-27H,4,12-21H2,1-3H3/t27-,28?;26-,27?;26?,27-/m000/s1. The maximum absolute atomic E-state index is 13.9. The van der Waals surface area contributed by atoms with Crippen LogP contribution in [0.1, 0.15) is 91.5 Å². The molecular formula is C103H122F3N21O8. The zero-order chi connectivity index (χ0) is 94.8. The lowest BCUT2D eigenvalue weighted by Gasteiger charge is -2.43. The van der Waals surface area contributed by atoms with E-state index in [0.717, 1.165) is 136 Å². The van der Waals surface area contributed by atoms with E-state index < -0.39 is 53.3 Å². The number of carbonyl (C=O) groups is 3. The summed E-state index contributed by atoms with van der Waals surface area (Å²) in [5, 5.41) is 7.34. The van der Waals surface area contributed by atoms with Gasteiger partial charge in [-0.2, -0.15) is 29.9 Å². The van der Waals surface area contributed by atoms with Crippen molar-refractivity contribution in [2.75, 3.05) is 200 Å². The first-order chi connectivity index (χ1) is 65.3. The number of ether oxygens (including phenoxy) is 5. The van der Waals surface area contributed by atoms with Crippen LogP contribution in [0.15, 0.2) is 146 Å². The number of amides is 3. The summed E-state index contributed by atoms with van der Waals surface area (Å²) in [6.45, 7) is 64.9. The van der Waals surface area contributed by atoms with Crippen LogP contribution in [0.25, 0.3) is 46.9 Å². The highest BCUT2D eigenvalue weighted by molar-refractivity contribution is 6.00. The molecule has 3 amide bonds. The topological polar surface area (TPSA) is 227 Å². The molecule has 29 nitrogen and oxygen atoms in total. The third kappa shape index (κ3) is 21.3. The van der Waals surface area contributed by atoms with Crippen molar-refractivity contribution in [1.29, 1.82) is 0 Å². The number of hydrogen-bond acceptors (Lipinski definition) is 23. The Morgan fingerprint density at radius 2 is 0.770 bits per heavy atom. The van der Waals surface area contributed by atoms with E-state index in [9.17, 15) is 27.6 Å². The summed E-state index contributed by atoms with van der Waals surface area (Å²) in [7, 11) is 0. The molecule has 9 aliphatic rings. The average Bonchev–Trinajstić information content (AvgIpc) is 0.767. The van der Waals surface area contributed by atoms with Gasteiger partial charge in [-0.3, -0.25) is 29.1 Å². The fourth-order valence-electron chi connectivity index (χ4n) is 20.6. The lowest BCUT2D eigenvalue weighted by molar-refractivity contribution is -0.131. The second kappa shape index (κ2) is 42.8. The van der Waals surface area contributed by atoms with Crippen molar-refractivity contribution >= 4 is 84.6 Å². The van der Waals surface area contributed by atoms with Crippen molar-refractivity contribution < 1.29 is 51.2 Å². The zero-order valence-corrected chi connectivity index (χ0v) is 78.8. The first kappa shape index (κ1) is 95.4. The lowest BCUT2D eigenvalue weighted by atomic mass is 9.99. The monoisotopic (exact) mass is 1840 g/mol. The van der Waals surface area contributed by atoms with Gasteiger partial charge in [0.05, 0.1) is 49.9 Å². The first-order valence-corrected chi connectivity index (χ1v) is 47.3. The molecule has 0 bridgehead atoms. The molecule has 0 spiro atoms. The summed E-state index contributed by atoms with van der Waals surface area (Å²) >= 11 is 0. The normalized spacial score (nSPS) is 20.4. The minimum atomic E-state index is -1.01. The van der Waals surface area contributed by atoms with E-state index in [0.29, 0.717) is 116 Å². The Hall–Kier alpha value is -12.8. The van der Waals surface area contributed by atoms with Gasteiger partial charge < -0.3 is 82.3 Å². The van der Waals surface area contributed by atoms with Gasteiger partial charge in [0.25, 0.3) is 17.7 Å². The first-order valence-electron chi connectivity index (χ1n) is 47.3. The van der Waals surface area contributed by atoms with Crippen LogP contribution < -0.4 is 43.6 Å². The molecule has 3 aromatic heterocycles. The number of fused-ring (bicyclic) bond motifs is 6. The number of halogens is 3. The third-order valence-electron chi connectivity index (χ3n) is 27.7. The Balaban J connectivity index is 0.000000147. The SMILES string of the molecule is [C-]#[N+]C[C@H]1CN(c2nc(OCC3CCN3C(C)C)nc3c2CCN(c2cccc4cccc(C)c24)C3)CCN1C(=O)C(=C)F.[C-]#[N+]C[C@H]1CN(c2nc(OCC3CN(C(C)C)CCO3)nc3c2CCN(c2cccc4cccc(C)c24)C3)CCN1C(=O)C(=C)F.[C-]#[N+]C[C@H]1CN(c2nc(OCC3CN(CC)CCO3)nc3c2CCN(c2cccc4cccc(C)c24)C3)CCN1C(=O)C(=C)F. The number of morpholine rings is 2. The highest BCUT2D eigenvalue weighted by Crippen LogP contribution is 2.42. The van der Waals surface area contributed by atoms with Crippen LogP contribution in [0.4, 0.5) is 47.7 Å². The smallest absolute Gasteiger partial charge is 0.318 e. The minimum Gasteiger partial charge on any atom is -0.462 e. The van der Waals surface area contributed by atoms with E-state index in [1.54, 1.807) is 0 Å². The number of rotatable bonds is 24. The van der Waals surface area contributed by atoms with Crippen molar-refractivity contribution in [1.82, 2.24) is 59.3 Å². The second-order valence-corrected chi connectivity index (χ2v) is 36.8. The molecule has 18 rings (SSSR count). The van der Waals surface area contributed by atoms with Crippen molar-refractivity contribution in [2.45, 2.75) is 149 Å². The number of hydrogen-bond donors (Lipinski definition) is 0. The molecule has 0 N–H and O–H groups in total. The van der Waals surface area contributed by atoms with E-state index in [2.05, 4.69) is 243 Å². The maximum Gasteiger partial charge on any atom is 0.318 e. The molecule has 9 aliphatic heterocycles. The van der Waals surface area contributed by atoms with Gasteiger partial charge >= 0.3 is 18.0 Å². The number of benzene rings is 6. The van der Waals surface area contributed by atoms with E-state index in [1.807, 2.05) is 0 Å². The fourth-order valence-corrected chi connectivity index (χ4v) is 20.6. The molecule has 9 aromatic rings. The van der Waals surface area contributed by atoms with Crippen LogP contribution in [0.2, 0.25) is 0 Å². The van der Waals surface area contributed by atoms with Gasteiger partial charge in [0.15, 0.2) is 17.5 Å². The highest BCUT2D eigenvalue weighted by Gasteiger charge is 2.42. The molecule has 3 unspecified atom stereocenters. The quantitative estimate of drug-likeness (QED) is 0.0405. The maximum atomic E-state index is 13.9. The van der Waals surface area contributed by atoms with Crippen LogP contribution in [-0.4, -0.2) is 296 Å². The van der Waals surface area contributed by atoms with E-state index in [-0.39, 0.29) is 63.5 Å². The molecule has 6 aromatic carbocycles. The van der Waals surface area contributed by atoms with Crippen molar-refractivity contribution in [3.63, 3.8) is 0 Å². The summed E-state index contributed by atoms with van der Waals surface area (Å²) in [6, 6.07) is 39.1. The van der Waals surface area contributed by atoms with Crippen LogP contribution in [0.3, 0.4) is 0 Å². The largest absolute Gasteiger partial charge is 0.462 e. The van der Waals surface area contributed by atoms with Gasteiger partial charge in [-0.1, -0.05) is 118 Å². The third-order valence-corrected chi connectivity index (χ3v) is 27.7. The van der Waals surface area contributed by atoms with Gasteiger partial charge in [-0.15, -0.1) is 0 Å². The zero-order valence-electron chi connectivity index (χ0n) is 78.8. The molecule has 135 heavy (non-hydrogen) atoms. The summed E-state index contributed by atoms with van der Waals surface area (Å²) in [6.07, 6.45) is 3.08. The number of anilines is 6. The number of aryl methyl sites for hydroxylation is 3. The molecule has 0 saturated carbocycles. The van der Waals surface area contributed by atoms with E-state index in [4.69, 9.17) is 73.3 Å². The molecule has 6 saturated heterocycles. The Morgan fingerprint density at radius 1 is 0.422 bits per heavy atom. The number of piperazine rings is 3. The van der Waals surface area contributed by atoms with Crippen molar-refractivity contribution in [2.24, 2.45) is 0 Å². The molecule has 0 radical (unpaired) electrons. The van der Waals surface area contributed by atoms with Gasteiger partial charge in [-0.25, -0.2) is 32.9 Å². The summed E-state index contributed by atoms with van der Waals surface area (Å²) in [5.41, 5.74) is 13.1. The molecule has 708 valence electrons. The number of nitrogens with zero attached hydrogens (tertiary/aromatic N) is 21. The van der Waals surface area contributed by atoms with Crippen molar-refractivity contribution in [3.05, 3.63) is 231 Å². The van der Waals surface area contributed by atoms with Crippen LogP contribution in [-0.2, 0) is 62.8 Å². The Morgan fingerprint density at radius 3 is 1.10 bits per heavy atom. The van der Waals surface area contributed by atoms with Crippen LogP contribution in [0, 0.1) is 40.5 Å². The lowest BCUT2D eigenvalue weighted by Crippen LogP contribution is -2.57. The summed E-state index contributed by atoms with van der Waals surface area (Å²) in [4.78, 5) is 103. The van der Waals surface area contributed by atoms with Crippen LogP contribution in [0.5, 0.6) is 18.0 Å².